The lowest BCUT2D eigenvalue weighted by Crippen LogP contribution is -2.44. The van der Waals surface area contributed by atoms with Gasteiger partial charge in [-0.25, -0.2) is 0 Å². The van der Waals surface area contributed by atoms with E-state index >= 15 is 0 Å². The molecule has 1 aromatic rings. The van der Waals surface area contributed by atoms with Gasteiger partial charge in [0.2, 0.25) is 0 Å². The van der Waals surface area contributed by atoms with Crippen LogP contribution in [0.15, 0.2) is 24.3 Å². The number of likely N-dealkylation sites (tertiary alicyclic amines) is 1. The van der Waals surface area contributed by atoms with Gasteiger partial charge in [-0.2, -0.15) is 0 Å². The van der Waals surface area contributed by atoms with Crippen molar-refractivity contribution in [3.63, 3.8) is 0 Å². The normalized spacial score (nSPS) is 18.8. The van der Waals surface area contributed by atoms with Gasteiger partial charge in [0.15, 0.2) is 0 Å². The highest BCUT2D eigenvalue weighted by Crippen LogP contribution is 2.23. The third-order valence-corrected chi connectivity index (χ3v) is 4.43. The van der Waals surface area contributed by atoms with Crippen LogP contribution >= 0.6 is 35.0 Å². The molecular weight excluding hydrogens is 375 g/mol. The van der Waals surface area contributed by atoms with Gasteiger partial charge >= 0.3 is 0 Å². The molecule has 1 aliphatic rings. The van der Waals surface area contributed by atoms with Crippen molar-refractivity contribution in [2.75, 3.05) is 13.1 Å². The van der Waals surface area contributed by atoms with Crippen LogP contribution < -0.4 is 5.73 Å². The summed E-state index contributed by atoms with van der Waals surface area (Å²) in [5.74, 6) is 0.165. The summed E-state index contributed by atoms with van der Waals surface area (Å²) < 4.78 is 1.03. The third kappa shape index (κ3) is 4.07. The van der Waals surface area contributed by atoms with E-state index in [9.17, 15) is 4.79 Å². The van der Waals surface area contributed by atoms with E-state index in [1.165, 1.54) is 6.42 Å². The van der Waals surface area contributed by atoms with Crippen LogP contribution in [0.3, 0.4) is 0 Å². The number of carbonyl (C=O) groups excluding carboxylic acids is 1. The Hall–Kier alpha value is -0.330. The summed E-state index contributed by atoms with van der Waals surface area (Å²) >= 11 is 2.23. The lowest BCUT2D eigenvalue weighted by atomic mass is 9.98. The topological polar surface area (TPSA) is 46.3 Å². The minimum Gasteiger partial charge on any atom is -0.336 e. The smallest absolute Gasteiger partial charge is 0.255 e. The van der Waals surface area contributed by atoms with E-state index in [1.807, 2.05) is 29.2 Å². The Morgan fingerprint density at radius 1 is 1.37 bits per heavy atom. The van der Waals surface area contributed by atoms with E-state index < -0.39 is 0 Å². The Kier molecular flexibility index (Phi) is 7.10. The molecular formula is C14H20ClIN2O. The average Bonchev–Trinajstić information content (AvgIpc) is 2.40. The van der Waals surface area contributed by atoms with E-state index in [4.69, 9.17) is 5.73 Å². The molecule has 2 rings (SSSR count). The summed E-state index contributed by atoms with van der Waals surface area (Å²) in [7, 11) is 0. The number of rotatable bonds is 3. The molecule has 1 atom stereocenters. The summed E-state index contributed by atoms with van der Waals surface area (Å²) in [5.41, 5.74) is 6.47. The molecule has 1 unspecified atom stereocenters. The van der Waals surface area contributed by atoms with Crippen LogP contribution in [-0.4, -0.2) is 29.9 Å². The number of benzene rings is 1. The number of carbonyl (C=O) groups is 1. The van der Waals surface area contributed by atoms with Crippen molar-refractivity contribution in [3.8, 4) is 0 Å². The monoisotopic (exact) mass is 394 g/mol. The fourth-order valence-electron chi connectivity index (χ4n) is 2.55. The Morgan fingerprint density at radius 3 is 2.79 bits per heavy atom. The maximum atomic E-state index is 12.6. The molecule has 0 radical (unpaired) electrons. The average molecular weight is 395 g/mol. The van der Waals surface area contributed by atoms with Gasteiger partial charge in [-0.1, -0.05) is 12.1 Å². The molecule has 1 fully saturated rings. The molecule has 0 bridgehead atoms. The molecule has 1 saturated heterocycles. The molecule has 1 aliphatic heterocycles. The largest absolute Gasteiger partial charge is 0.336 e. The molecule has 19 heavy (non-hydrogen) atoms. The Balaban J connectivity index is 0.00000180. The van der Waals surface area contributed by atoms with Gasteiger partial charge < -0.3 is 10.6 Å². The standard InChI is InChI=1S/C14H19IN2O.ClH/c15-13-7-2-1-6-12(13)14(18)17-10-4-3-5-11(17)8-9-16;/h1-2,6-7,11H,3-5,8-10,16H2;1H. The van der Waals surface area contributed by atoms with Crippen molar-refractivity contribution < 1.29 is 4.79 Å². The second-order valence-corrected chi connectivity index (χ2v) is 5.87. The number of hydrogen-bond acceptors (Lipinski definition) is 2. The third-order valence-electron chi connectivity index (χ3n) is 3.49. The number of halogens is 2. The van der Waals surface area contributed by atoms with E-state index in [1.54, 1.807) is 0 Å². The predicted octanol–water partition coefficient (Wildman–Crippen LogP) is 3.06. The molecule has 0 spiro atoms. The van der Waals surface area contributed by atoms with Crippen LogP contribution in [0.4, 0.5) is 0 Å². The predicted molar refractivity (Wildman–Crippen MR) is 88.8 cm³/mol. The van der Waals surface area contributed by atoms with Crippen LogP contribution in [0.25, 0.3) is 0 Å². The van der Waals surface area contributed by atoms with E-state index in [-0.39, 0.29) is 18.3 Å². The first-order valence-corrected chi connectivity index (χ1v) is 7.57. The summed E-state index contributed by atoms with van der Waals surface area (Å²) in [4.78, 5) is 14.6. The Morgan fingerprint density at radius 2 is 2.11 bits per heavy atom. The highest BCUT2D eigenvalue weighted by atomic mass is 127. The zero-order chi connectivity index (χ0) is 13.0. The van der Waals surface area contributed by atoms with Crippen molar-refractivity contribution in [1.82, 2.24) is 4.90 Å². The van der Waals surface area contributed by atoms with Gasteiger partial charge in [0.25, 0.3) is 5.91 Å². The SMILES string of the molecule is Cl.NCCC1CCCCN1C(=O)c1ccccc1I. The summed E-state index contributed by atoms with van der Waals surface area (Å²) in [6, 6.07) is 8.12. The summed E-state index contributed by atoms with van der Waals surface area (Å²) in [5, 5.41) is 0. The number of piperidine rings is 1. The molecule has 1 amide bonds. The van der Waals surface area contributed by atoms with Crippen LogP contribution in [-0.2, 0) is 0 Å². The minimum absolute atomic E-state index is 0. The lowest BCUT2D eigenvalue weighted by Gasteiger charge is -2.36. The molecule has 0 aliphatic carbocycles. The van der Waals surface area contributed by atoms with Gasteiger partial charge in [0.05, 0.1) is 5.56 Å². The Labute approximate surface area is 134 Å². The van der Waals surface area contributed by atoms with Crippen LogP contribution in [0.1, 0.15) is 36.0 Å². The summed E-state index contributed by atoms with van der Waals surface area (Å²) in [6.07, 6.45) is 4.32. The van der Waals surface area contributed by atoms with E-state index in [2.05, 4.69) is 22.6 Å². The van der Waals surface area contributed by atoms with Crippen molar-refractivity contribution in [3.05, 3.63) is 33.4 Å². The molecule has 0 aromatic heterocycles. The van der Waals surface area contributed by atoms with Crippen LogP contribution in [0.2, 0.25) is 0 Å². The summed E-state index contributed by atoms with van der Waals surface area (Å²) in [6.45, 7) is 1.52. The van der Waals surface area contributed by atoms with Gasteiger partial charge in [-0.3, -0.25) is 4.79 Å². The van der Waals surface area contributed by atoms with Crippen molar-refractivity contribution in [2.45, 2.75) is 31.7 Å². The van der Waals surface area contributed by atoms with Gasteiger partial charge in [-0.05, 0) is 67.0 Å². The van der Waals surface area contributed by atoms with E-state index in [0.29, 0.717) is 12.6 Å². The first kappa shape index (κ1) is 16.7. The second-order valence-electron chi connectivity index (χ2n) is 4.71. The second kappa shape index (κ2) is 8.07. The molecule has 5 heteroatoms. The van der Waals surface area contributed by atoms with Crippen molar-refractivity contribution >= 4 is 40.9 Å². The maximum Gasteiger partial charge on any atom is 0.255 e. The number of nitrogens with zero attached hydrogens (tertiary/aromatic N) is 1. The van der Waals surface area contributed by atoms with Gasteiger partial charge in [-0.15, -0.1) is 12.4 Å². The molecule has 1 aromatic carbocycles. The molecule has 106 valence electrons. The van der Waals surface area contributed by atoms with Crippen molar-refractivity contribution in [1.29, 1.82) is 0 Å². The van der Waals surface area contributed by atoms with Crippen LogP contribution in [0, 0.1) is 3.57 Å². The maximum absolute atomic E-state index is 12.6. The number of nitrogens with two attached hydrogens (primary N) is 1. The quantitative estimate of drug-likeness (QED) is 0.801. The van der Waals surface area contributed by atoms with Gasteiger partial charge in [0, 0.05) is 16.2 Å². The molecule has 1 heterocycles. The zero-order valence-electron chi connectivity index (χ0n) is 10.8. The first-order valence-electron chi connectivity index (χ1n) is 6.49. The fourth-order valence-corrected chi connectivity index (χ4v) is 3.17. The fraction of sp³-hybridized carbons (Fsp3) is 0.500. The number of amides is 1. The Bertz CT molecular complexity index is 426. The number of hydrogen-bond donors (Lipinski definition) is 1. The van der Waals surface area contributed by atoms with E-state index in [0.717, 1.165) is 34.9 Å². The first-order chi connectivity index (χ1) is 8.74. The highest BCUT2D eigenvalue weighted by Gasteiger charge is 2.27. The van der Waals surface area contributed by atoms with Crippen LogP contribution in [0.5, 0.6) is 0 Å². The zero-order valence-corrected chi connectivity index (χ0v) is 13.8. The molecule has 3 nitrogen and oxygen atoms in total. The highest BCUT2D eigenvalue weighted by molar-refractivity contribution is 14.1. The molecule has 2 N–H and O–H groups in total. The minimum atomic E-state index is 0. The van der Waals surface area contributed by atoms with Crippen molar-refractivity contribution in [2.24, 2.45) is 5.73 Å². The molecule has 0 saturated carbocycles. The lowest BCUT2D eigenvalue weighted by molar-refractivity contribution is 0.0604. The van der Waals surface area contributed by atoms with Gasteiger partial charge in [0.1, 0.15) is 0 Å².